The Labute approximate surface area is 158 Å². The summed E-state index contributed by atoms with van der Waals surface area (Å²) in [5.74, 6) is -5.35. The molecule has 4 N–H and O–H groups in total. The van der Waals surface area contributed by atoms with Crippen LogP contribution in [-0.2, 0) is 27.7 Å². The SMILES string of the molecule is N[C@H]1CCc2sc(NC(=O)C3CC3(F)F)c(S(=O)(=O)N[C@H]3C[C@@H](F)C3)c2C1. The van der Waals surface area contributed by atoms with E-state index in [9.17, 15) is 26.4 Å². The van der Waals surface area contributed by atoms with E-state index in [1.165, 1.54) is 0 Å². The number of carbonyl (C=O) groups excluding carboxylic acids is 1. The van der Waals surface area contributed by atoms with E-state index >= 15 is 0 Å². The van der Waals surface area contributed by atoms with Gasteiger partial charge in [-0.1, -0.05) is 0 Å². The van der Waals surface area contributed by atoms with Gasteiger partial charge in [-0.15, -0.1) is 11.3 Å². The number of thiophene rings is 1. The van der Waals surface area contributed by atoms with Crippen LogP contribution < -0.4 is 15.8 Å². The van der Waals surface area contributed by atoms with Crippen molar-refractivity contribution in [3.8, 4) is 0 Å². The van der Waals surface area contributed by atoms with Gasteiger partial charge in [0.25, 0.3) is 5.92 Å². The van der Waals surface area contributed by atoms with Crippen molar-refractivity contribution in [3.63, 3.8) is 0 Å². The number of hydrogen-bond acceptors (Lipinski definition) is 5. The number of alkyl halides is 3. The van der Waals surface area contributed by atoms with Gasteiger partial charge in [-0.05, 0) is 37.7 Å². The number of anilines is 1. The number of carbonyl (C=O) groups is 1. The summed E-state index contributed by atoms with van der Waals surface area (Å²) >= 11 is 1.09. The molecule has 1 aromatic heterocycles. The van der Waals surface area contributed by atoms with E-state index in [1.807, 2.05) is 0 Å². The van der Waals surface area contributed by atoms with Gasteiger partial charge in [0, 0.05) is 23.4 Å². The minimum atomic E-state index is -4.04. The molecule has 1 aromatic rings. The maximum Gasteiger partial charge on any atom is 0.260 e. The molecule has 1 amide bonds. The van der Waals surface area contributed by atoms with Crippen LogP contribution in [-0.4, -0.2) is 38.5 Å². The maximum atomic E-state index is 13.2. The average molecular weight is 423 g/mol. The van der Waals surface area contributed by atoms with Crippen molar-refractivity contribution in [1.29, 1.82) is 0 Å². The Balaban J connectivity index is 1.65. The number of nitrogens with two attached hydrogens (primary N) is 1. The Morgan fingerprint density at radius 3 is 2.56 bits per heavy atom. The third kappa shape index (κ3) is 3.62. The summed E-state index contributed by atoms with van der Waals surface area (Å²) < 4.78 is 67.7. The number of aryl methyl sites for hydroxylation is 1. The van der Waals surface area contributed by atoms with Crippen molar-refractivity contribution in [2.75, 3.05) is 5.32 Å². The van der Waals surface area contributed by atoms with E-state index in [0.717, 1.165) is 16.2 Å². The first kappa shape index (κ1) is 19.2. The topological polar surface area (TPSA) is 101 Å². The number of rotatable bonds is 5. The molecule has 0 saturated heterocycles. The Morgan fingerprint density at radius 2 is 1.96 bits per heavy atom. The summed E-state index contributed by atoms with van der Waals surface area (Å²) in [7, 11) is -4.04. The number of halogens is 3. The molecule has 27 heavy (non-hydrogen) atoms. The number of sulfonamides is 1. The lowest BCUT2D eigenvalue weighted by molar-refractivity contribution is -0.119. The van der Waals surface area contributed by atoms with Crippen LogP contribution in [0.5, 0.6) is 0 Å². The molecule has 0 radical (unpaired) electrons. The van der Waals surface area contributed by atoms with E-state index in [-0.39, 0.29) is 28.8 Å². The summed E-state index contributed by atoms with van der Waals surface area (Å²) in [6.07, 6.45) is 0.208. The normalized spacial score (nSPS) is 31.7. The van der Waals surface area contributed by atoms with E-state index in [1.54, 1.807) is 0 Å². The lowest BCUT2D eigenvalue weighted by atomic mass is 9.92. The molecule has 0 aliphatic heterocycles. The zero-order chi connectivity index (χ0) is 19.6. The first-order valence-corrected chi connectivity index (χ1v) is 11.1. The zero-order valence-corrected chi connectivity index (χ0v) is 15.9. The standard InChI is InChI=1S/C16H20F3N3O3S2/c17-7-3-9(4-7)22-27(24,25)13-10-5-8(20)1-2-12(10)26-15(13)21-14(23)11-6-16(11,18)19/h7-9,11,22H,1-6,20H2,(H,21,23)/t7-,8-,9+,11?/m0/s1. The number of hydrogen-bond donors (Lipinski definition) is 3. The molecule has 150 valence electrons. The molecule has 3 aliphatic carbocycles. The molecule has 3 aliphatic rings. The lowest BCUT2D eigenvalue weighted by Crippen LogP contribution is -2.45. The molecule has 1 unspecified atom stereocenters. The van der Waals surface area contributed by atoms with Crippen LogP contribution in [0, 0.1) is 5.92 Å². The van der Waals surface area contributed by atoms with Crippen molar-refractivity contribution in [1.82, 2.24) is 4.72 Å². The molecule has 0 aromatic carbocycles. The van der Waals surface area contributed by atoms with E-state index in [0.29, 0.717) is 24.8 Å². The molecular weight excluding hydrogens is 403 g/mol. The number of nitrogens with one attached hydrogen (secondary N) is 2. The van der Waals surface area contributed by atoms with Crippen LogP contribution >= 0.6 is 11.3 Å². The van der Waals surface area contributed by atoms with Gasteiger partial charge in [0.2, 0.25) is 15.9 Å². The van der Waals surface area contributed by atoms with Crippen LogP contribution in [0.25, 0.3) is 0 Å². The third-order valence-electron chi connectivity index (χ3n) is 5.30. The second-order valence-corrected chi connectivity index (χ2v) is 10.3. The Bertz CT molecular complexity index is 881. The van der Waals surface area contributed by atoms with Gasteiger partial charge in [-0.3, -0.25) is 4.79 Å². The quantitative estimate of drug-likeness (QED) is 0.674. The van der Waals surface area contributed by atoms with Crippen LogP contribution in [0.2, 0.25) is 0 Å². The molecule has 2 fully saturated rings. The van der Waals surface area contributed by atoms with E-state index < -0.39 is 46.4 Å². The molecule has 6 nitrogen and oxygen atoms in total. The Morgan fingerprint density at radius 1 is 1.30 bits per heavy atom. The smallest absolute Gasteiger partial charge is 0.260 e. The van der Waals surface area contributed by atoms with Crippen molar-refractivity contribution >= 4 is 32.3 Å². The van der Waals surface area contributed by atoms with E-state index in [2.05, 4.69) is 10.0 Å². The Hall–Kier alpha value is -1.17. The van der Waals surface area contributed by atoms with Gasteiger partial charge in [0.05, 0.1) is 0 Å². The minimum Gasteiger partial charge on any atom is -0.327 e. The molecule has 0 spiro atoms. The van der Waals surface area contributed by atoms with Gasteiger partial charge in [0.15, 0.2) is 0 Å². The molecule has 2 saturated carbocycles. The molecule has 2 atom stereocenters. The third-order valence-corrected chi connectivity index (χ3v) is 8.27. The second kappa shape index (κ2) is 6.43. The highest BCUT2D eigenvalue weighted by molar-refractivity contribution is 7.90. The summed E-state index contributed by atoms with van der Waals surface area (Å²) in [6.45, 7) is 0. The average Bonchev–Trinajstić information content (AvgIpc) is 3.01. The molecule has 0 bridgehead atoms. The zero-order valence-electron chi connectivity index (χ0n) is 14.3. The maximum absolute atomic E-state index is 13.2. The van der Waals surface area contributed by atoms with Crippen LogP contribution in [0.3, 0.4) is 0 Å². The van der Waals surface area contributed by atoms with Crippen LogP contribution in [0.1, 0.15) is 36.1 Å². The highest BCUT2D eigenvalue weighted by Gasteiger charge is 2.61. The minimum absolute atomic E-state index is 0.0467. The van der Waals surface area contributed by atoms with Crippen molar-refractivity contribution in [2.45, 2.75) is 67.6 Å². The fraction of sp³-hybridized carbons (Fsp3) is 0.688. The van der Waals surface area contributed by atoms with Gasteiger partial charge < -0.3 is 11.1 Å². The summed E-state index contributed by atoms with van der Waals surface area (Å²) in [5, 5.41) is 2.44. The fourth-order valence-corrected chi connectivity index (χ4v) is 6.81. The first-order chi connectivity index (χ1) is 12.6. The predicted octanol–water partition coefficient (Wildman–Crippen LogP) is 1.94. The molecule has 1 heterocycles. The summed E-state index contributed by atoms with van der Waals surface area (Å²) in [6, 6.07) is -0.717. The van der Waals surface area contributed by atoms with Crippen LogP contribution in [0.4, 0.5) is 18.2 Å². The van der Waals surface area contributed by atoms with E-state index in [4.69, 9.17) is 5.73 Å². The molecular formula is C16H20F3N3O3S2. The van der Waals surface area contributed by atoms with Gasteiger partial charge >= 0.3 is 0 Å². The fourth-order valence-electron chi connectivity index (χ4n) is 3.57. The first-order valence-electron chi connectivity index (χ1n) is 8.82. The number of fused-ring (bicyclic) bond motifs is 1. The lowest BCUT2D eigenvalue weighted by Gasteiger charge is -2.30. The largest absolute Gasteiger partial charge is 0.327 e. The van der Waals surface area contributed by atoms with Gasteiger partial charge in [-0.2, -0.15) is 0 Å². The van der Waals surface area contributed by atoms with Crippen molar-refractivity contribution in [3.05, 3.63) is 10.4 Å². The van der Waals surface area contributed by atoms with Crippen molar-refractivity contribution < 1.29 is 26.4 Å². The monoisotopic (exact) mass is 423 g/mol. The summed E-state index contributed by atoms with van der Waals surface area (Å²) in [5.41, 5.74) is 6.50. The molecule has 4 rings (SSSR count). The highest BCUT2D eigenvalue weighted by Crippen LogP contribution is 2.50. The van der Waals surface area contributed by atoms with Crippen molar-refractivity contribution in [2.24, 2.45) is 11.7 Å². The van der Waals surface area contributed by atoms with Crippen LogP contribution in [0.15, 0.2) is 4.90 Å². The predicted molar refractivity (Wildman–Crippen MR) is 94.2 cm³/mol. The van der Waals surface area contributed by atoms with Gasteiger partial charge in [0.1, 0.15) is 22.0 Å². The number of amides is 1. The summed E-state index contributed by atoms with van der Waals surface area (Å²) in [4.78, 5) is 12.8. The Kier molecular flexibility index (Phi) is 4.56. The van der Waals surface area contributed by atoms with Gasteiger partial charge in [-0.25, -0.2) is 26.3 Å². The molecule has 11 heteroatoms. The second-order valence-electron chi connectivity index (χ2n) is 7.56. The highest BCUT2D eigenvalue weighted by atomic mass is 32.2.